The molecule has 0 aromatic rings. The molecule has 7 heteroatoms. The van der Waals surface area contributed by atoms with E-state index in [1.165, 1.54) is 0 Å². The Labute approximate surface area is 108 Å². The molecule has 5 nitrogen and oxygen atoms in total. The van der Waals surface area contributed by atoms with Crippen LogP contribution in [-0.4, -0.2) is 91.6 Å². The summed E-state index contributed by atoms with van der Waals surface area (Å²) < 4.78 is 19.8. The van der Waals surface area contributed by atoms with Crippen molar-refractivity contribution in [2.24, 2.45) is 0 Å². The smallest absolute Gasteiger partial charge is 0.870 e. The fourth-order valence-corrected chi connectivity index (χ4v) is 0.888. The van der Waals surface area contributed by atoms with Crippen LogP contribution in [0, 0.1) is 0 Å². The second kappa shape index (κ2) is 19.0. The summed E-state index contributed by atoms with van der Waals surface area (Å²) in [5.41, 5.74) is 0. The van der Waals surface area contributed by atoms with Crippen molar-refractivity contribution in [3.8, 4) is 0 Å². The molecule has 0 saturated heterocycles. The number of rotatable bonds is 8. The van der Waals surface area contributed by atoms with Gasteiger partial charge in [0.1, 0.15) is 0 Å². The van der Waals surface area contributed by atoms with Crippen LogP contribution in [0.1, 0.15) is 0 Å². The molecule has 0 unspecified atom stereocenters. The molecule has 0 spiro atoms. The summed E-state index contributed by atoms with van der Waals surface area (Å²) in [5.74, 6) is 0. The number of ether oxygens (including phenoxy) is 2. The van der Waals surface area contributed by atoms with Crippen LogP contribution in [0.2, 0.25) is 0 Å². The van der Waals surface area contributed by atoms with E-state index in [-0.39, 0.29) is 50.9 Å². The summed E-state index contributed by atoms with van der Waals surface area (Å²) >= 11 is -0.349. The van der Waals surface area contributed by atoms with Crippen LogP contribution in [-0.2, 0) is 17.1 Å². The maximum Gasteiger partial charge on any atom is -0.870 e. The average molecular weight is 218 g/mol. The Morgan fingerprint density at radius 3 is 1.54 bits per heavy atom. The molecule has 0 amide bonds. The van der Waals surface area contributed by atoms with Crippen molar-refractivity contribution < 1.29 is 22.5 Å². The summed E-state index contributed by atoms with van der Waals surface area (Å²) in [6.07, 6.45) is 0. The Hall–Kier alpha value is 1.33. The maximum absolute atomic E-state index is 5.10. The molecule has 0 saturated carbocycles. The molecule has 0 atom stereocenters. The first-order valence-electron chi connectivity index (χ1n) is 3.44. The van der Waals surface area contributed by atoms with Crippen LogP contribution in [0.5, 0.6) is 0 Å². The maximum atomic E-state index is 5.10. The topological polar surface area (TPSA) is 66.9 Å². The van der Waals surface area contributed by atoms with E-state index in [1.807, 2.05) is 0 Å². The van der Waals surface area contributed by atoms with Crippen LogP contribution in [0.25, 0.3) is 0 Å². The zero-order valence-electron chi connectivity index (χ0n) is 7.49. The van der Waals surface area contributed by atoms with E-state index in [9.17, 15) is 0 Å². The van der Waals surface area contributed by atoms with Gasteiger partial charge in [-0.3, -0.25) is 0 Å². The molecule has 13 heavy (non-hydrogen) atoms. The first-order valence-corrected chi connectivity index (χ1v) is 4.39. The molecule has 0 radical (unpaired) electrons. The largest absolute Gasteiger partial charge is 0.870 e. The Bertz CT molecular complexity index is 70.0. The van der Waals surface area contributed by atoms with Gasteiger partial charge in [0.2, 0.25) is 0 Å². The van der Waals surface area contributed by atoms with E-state index >= 15 is 0 Å². The van der Waals surface area contributed by atoms with Gasteiger partial charge in [0.05, 0.1) is 0 Å². The van der Waals surface area contributed by atoms with E-state index in [0.717, 1.165) is 0 Å². The average Bonchev–Trinajstić information content (AvgIpc) is 2.03. The standard InChI is InChI=1S/2C3H7O2.Al.Na.H2O.H/c2*1-5-3-2-4;;;;/h2*2-3H2,1H3;;;1H2;/q2*-1;+3;;;/p-1. The van der Waals surface area contributed by atoms with Gasteiger partial charge in [-0.25, -0.2) is 0 Å². The zero-order chi connectivity index (χ0) is 8.36. The Morgan fingerprint density at radius 1 is 0.846 bits per heavy atom. The van der Waals surface area contributed by atoms with Gasteiger partial charge in [-0.2, -0.15) is 0 Å². The van der Waals surface area contributed by atoms with Crippen LogP contribution in [0.15, 0.2) is 0 Å². The summed E-state index contributed by atoms with van der Waals surface area (Å²) in [6, 6.07) is 0. The third kappa shape index (κ3) is 19.7. The van der Waals surface area contributed by atoms with Crippen molar-refractivity contribution in [1.82, 2.24) is 0 Å². The van der Waals surface area contributed by atoms with E-state index in [2.05, 4.69) is 0 Å². The summed E-state index contributed by atoms with van der Waals surface area (Å²) in [5, 5.41) is 0. The van der Waals surface area contributed by atoms with Gasteiger partial charge in [0, 0.05) is 0 Å². The quantitative estimate of drug-likeness (QED) is 0.387. The van der Waals surface area contributed by atoms with Crippen LogP contribution < -0.4 is 0 Å². The summed E-state index contributed by atoms with van der Waals surface area (Å²) in [7, 11) is 3.29. The molecular weight excluding hydrogens is 202 g/mol. The second-order valence-electron chi connectivity index (χ2n) is 1.82. The fraction of sp³-hybridized carbons (Fsp3) is 1.00. The van der Waals surface area contributed by atoms with Crippen LogP contribution in [0.4, 0.5) is 0 Å². The minimum Gasteiger partial charge on any atom is -0.870 e. The SMILES string of the molecule is COCC[O][Al+][O]CCOC.[NaH].[OH-]. The van der Waals surface area contributed by atoms with Crippen molar-refractivity contribution in [1.29, 1.82) is 0 Å². The normalized spacial score (nSPS) is 8.15. The van der Waals surface area contributed by atoms with E-state index in [0.29, 0.717) is 26.4 Å². The van der Waals surface area contributed by atoms with E-state index in [4.69, 9.17) is 17.1 Å². The van der Waals surface area contributed by atoms with E-state index in [1.54, 1.807) is 14.2 Å². The van der Waals surface area contributed by atoms with Crippen molar-refractivity contribution >= 4 is 45.4 Å². The molecule has 0 bridgehead atoms. The number of methoxy groups -OCH3 is 2. The predicted molar refractivity (Wildman–Crippen MR) is 50.5 cm³/mol. The number of hydrogen-bond acceptors (Lipinski definition) is 5. The molecule has 0 fully saturated rings. The molecule has 0 aliphatic carbocycles. The van der Waals surface area contributed by atoms with Gasteiger partial charge in [-0.1, -0.05) is 0 Å². The minimum atomic E-state index is -0.349. The first kappa shape index (κ1) is 19.8. The third-order valence-corrected chi connectivity index (χ3v) is 1.69. The molecule has 74 valence electrons. The van der Waals surface area contributed by atoms with Gasteiger partial charge in [-0.15, -0.1) is 0 Å². The Balaban J connectivity index is -0.000000500. The van der Waals surface area contributed by atoms with Gasteiger partial charge in [0.25, 0.3) is 0 Å². The molecule has 0 aliphatic heterocycles. The number of hydrogen-bond donors (Lipinski definition) is 0. The molecular formula is C6H16AlNaO5. The Morgan fingerprint density at radius 2 is 1.23 bits per heavy atom. The Kier molecular flexibility index (Phi) is 29.0. The van der Waals surface area contributed by atoms with Gasteiger partial charge >= 0.3 is 103 Å². The van der Waals surface area contributed by atoms with Crippen molar-refractivity contribution in [2.45, 2.75) is 0 Å². The van der Waals surface area contributed by atoms with Gasteiger partial charge < -0.3 is 5.48 Å². The summed E-state index contributed by atoms with van der Waals surface area (Å²) in [6.45, 7) is 2.47. The molecule has 0 aromatic heterocycles. The molecule has 0 heterocycles. The fourth-order valence-electron chi connectivity index (χ4n) is 0.407. The van der Waals surface area contributed by atoms with Crippen molar-refractivity contribution in [3.05, 3.63) is 0 Å². The minimum absolute atomic E-state index is 0. The van der Waals surface area contributed by atoms with E-state index < -0.39 is 0 Å². The summed E-state index contributed by atoms with van der Waals surface area (Å²) in [4.78, 5) is 0. The van der Waals surface area contributed by atoms with Crippen LogP contribution in [0.3, 0.4) is 0 Å². The van der Waals surface area contributed by atoms with Crippen LogP contribution >= 0.6 is 0 Å². The third-order valence-electron chi connectivity index (χ3n) is 0.947. The molecule has 0 aliphatic rings. The zero-order valence-corrected chi connectivity index (χ0v) is 8.64. The van der Waals surface area contributed by atoms with Crippen molar-refractivity contribution in [3.63, 3.8) is 0 Å². The second-order valence-corrected chi connectivity index (χ2v) is 2.68. The van der Waals surface area contributed by atoms with Crippen molar-refractivity contribution in [2.75, 3.05) is 40.6 Å². The molecule has 0 rings (SSSR count). The monoisotopic (exact) mass is 218 g/mol. The molecule has 1 N–H and O–H groups in total. The predicted octanol–water partition coefficient (Wildman–Crippen LogP) is -0.979. The first-order chi connectivity index (χ1) is 5.41. The van der Waals surface area contributed by atoms with Gasteiger partial charge in [-0.05, 0) is 0 Å². The molecule has 0 aromatic carbocycles. The van der Waals surface area contributed by atoms with Gasteiger partial charge in [0.15, 0.2) is 0 Å².